The van der Waals surface area contributed by atoms with Crippen LogP contribution in [0.2, 0.25) is 0 Å². The van der Waals surface area contributed by atoms with Crippen molar-refractivity contribution in [1.29, 1.82) is 0 Å². The van der Waals surface area contributed by atoms with Gasteiger partial charge in [0.2, 0.25) is 17.7 Å². The lowest BCUT2D eigenvalue weighted by Crippen LogP contribution is -2.57. The summed E-state index contributed by atoms with van der Waals surface area (Å²) < 4.78 is 10.7. The maximum absolute atomic E-state index is 13.8. The monoisotopic (exact) mass is 571 g/mol. The Balaban J connectivity index is 1.55. The van der Waals surface area contributed by atoms with Crippen molar-refractivity contribution in [3.63, 3.8) is 0 Å². The molecule has 0 unspecified atom stereocenters. The molecule has 1 saturated heterocycles. The minimum atomic E-state index is -1.11. The van der Waals surface area contributed by atoms with E-state index < -0.39 is 52.8 Å². The number of hydrogen-bond acceptors (Lipinski definition) is 7. The highest BCUT2D eigenvalue weighted by Crippen LogP contribution is 2.43. The van der Waals surface area contributed by atoms with E-state index in [4.69, 9.17) is 15.2 Å². The second-order valence-corrected chi connectivity index (χ2v) is 12.4. The normalized spacial score (nSPS) is 28.2. The number of ketones is 1. The topological polar surface area (TPSA) is 160 Å². The second kappa shape index (κ2) is 12.9. The molecule has 2 aliphatic carbocycles. The first-order valence-corrected chi connectivity index (χ1v) is 14.9. The van der Waals surface area contributed by atoms with Crippen LogP contribution < -0.4 is 21.1 Å². The van der Waals surface area contributed by atoms with Crippen LogP contribution >= 0.6 is 0 Å². The molecule has 1 heterocycles. The minimum absolute atomic E-state index is 0.144. The van der Waals surface area contributed by atoms with Gasteiger partial charge in [-0.15, -0.1) is 0 Å². The van der Waals surface area contributed by atoms with E-state index >= 15 is 0 Å². The number of carbonyl (C=O) groups is 4. The predicted octanol–water partition coefficient (Wildman–Crippen LogP) is 2.19. The Hall–Kier alpha value is -2.98. The Morgan fingerprint density at radius 1 is 1.02 bits per heavy atom. The average Bonchev–Trinajstić information content (AvgIpc) is 3.50. The van der Waals surface area contributed by atoms with Gasteiger partial charge in [0.1, 0.15) is 17.4 Å². The molecule has 1 aromatic rings. The van der Waals surface area contributed by atoms with Crippen LogP contribution in [0.5, 0.6) is 5.75 Å². The number of primary amides is 1. The van der Waals surface area contributed by atoms with Crippen LogP contribution in [0.1, 0.15) is 77.2 Å². The van der Waals surface area contributed by atoms with E-state index in [0.29, 0.717) is 50.4 Å². The highest BCUT2D eigenvalue weighted by atomic mass is 16.6. The summed E-state index contributed by atoms with van der Waals surface area (Å²) in [5, 5.41) is 15.8. The zero-order valence-electron chi connectivity index (χ0n) is 24.4. The number of methoxy groups -OCH3 is 1. The first-order chi connectivity index (χ1) is 19.5. The lowest BCUT2D eigenvalue weighted by Gasteiger charge is -2.40. The number of aliphatic hydroxyl groups is 1. The zero-order chi connectivity index (χ0) is 29.8. The molecule has 226 valence electrons. The summed E-state index contributed by atoms with van der Waals surface area (Å²) in [5.74, 6) is -1.46. The van der Waals surface area contributed by atoms with E-state index in [2.05, 4.69) is 10.6 Å². The molecule has 10 heteroatoms. The molecule has 0 bridgehead atoms. The fourth-order valence-electron chi connectivity index (χ4n) is 6.47. The van der Waals surface area contributed by atoms with E-state index in [1.165, 1.54) is 0 Å². The van der Waals surface area contributed by atoms with Gasteiger partial charge in [0.25, 0.3) is 0 Å². The van der Waals surface area contributed by atoms with E-state index in [9.17, 15) is 24.3 Å². The van der Waals surface area contributed by atoms with Gasteiger partial charge in [-0.25, -0.2) is 0 Å². The van der Waals surface area contributed by atoms with Gasteiger partial charge >= 0.3 is 0 Å². The first kappa shape index (κ1) is 31.0. The quantitative estimate of drug-likeness (QED) is 0.264. The summed E-state index contributed by atoms with van der Waals surface area (Å²) in [4.78, 5) is 53.4. The fraction of sp³-hybridized carbons (Fsp3) is 0.677. The molecular formula is C31H45N3O7. The molecule has 10 nitrogen and oxygen atoms in total. The van der Waals surface area contributed by atoms with E-state index in [-0.39, 0.29) is 12.2 Å². The smallest absolute Gasteiger partial charge is 0.243 e. The molecule has 3 amide bonds. The molecule has 2 saturated carbocycles. The van der Waals surface area contributed by atoms with Crippen molar-refractivity contribution in [2.45, 2.75) is 102 Å². The van der Waals surface area contributed by atoms with Gasteiger partial charge in [0.15, 0.2) is 5.78 Å². The molecule has 4 atom stereocenters. The molecule has 4 rings (SSSR count). The number of ether oxygens (including phenoxy) is 2. The van der Waals surface area contributed by atoms with Crippen molar-refractivity contribution in [2.75, 3.05) is 13.7 Å². The largest absolute Gasteiger partial charge is 0.497 e. The summed E-state index contributed by atoms with van der Waals surface area (Å²) in [5.41, 5.74) is 4.60. The van der Waals surface area contributed by atoms with Crippen LogP contribution in [0, 0.1) is 17.3 Å². The number of nitrogens with two attached hydrogens (primary N) is 1. The molecule has 0 aromatic heterocycles. The third-order valence-corrected chi connectivity index (χ3v) is 9.57. The zero-order valence-corrected chi connectivity index (χ0v) is 24.4. The van der Waals surface area contributed by atoms with Crippen molar-refractivity contribution in [2.24, 2.45) is 23.0 Å². The number of benzene rings is 1. The van der Waals surface area contributed by atoms with Gasteiger partial charge < -0.3 is 30.9 Å². The van der Waals surface area contributed by atoms with Crippen LogP contribution in [-0.4, -0.2) is 66.1 Å². The number of amides is 3. The summed E-state index contributed by atoms with van der Waals surface area (Å²) in [6, 6.07) is 5.49. The summed E-state index contributed by atoms with van der Waals surface area (Å²) in [6.07, 6.45) is 5.79. The number of epoxide rings is 1. The number of aliphatic hydroxyl groups excluding tert-OH is 1. The van der Waals surface area contributed by atoms with Crippen molar-refractivity contribution in [1.82, 2.24) is 10.6 Å². The Kier molecular flexibility index (Phi) is 9.74. The van der Waals surface area contributed by atoms with E-state index in [0.717, 1.165) is 31.2 Å². The number of rotatable bonds is 13. The third-order valence-electron chi connectivity index (χ3n) is 9.57. The molecule has 41 heavy (non-hydrogen) atoms. The van der Waals surface area contributed by atoms with Crippen LogP contribution in [0.4, 0.5) is 0 Å². The molecule has 1 aliphatic heterocycles. The Morgan fingerprint density at radius 3 is 2.15 bits per heavy atom. The number of Topliss-reactive ketones (excluding diaryl/α,β-unsaturated/α-hetero) is 1. The standard InChI is InChI=1S/C31H45N3O7/c1-19(31(29(32)39)14-12-22(35)13-15-31)27(37)34-25(17-21-8-10-23(40-3)11-9-21)28(38)33-24(16-20-6-4-5-7-20)26(36)30(2)18-41-30/h8-11,19-20,22,24-25,35H,4-7,12-18H2,1-3H3,(H2,32,39)(H,33,38)(H,34,37)/t19-,22?,24-,25-,30+,31?/m0/s1. The predicted molar refractivity (Wildman–Crippen MR) is 152 cm³/mol. The minimum Gasteiger partial charge on any atom is -0.497 e. The molecule has 5 N–H and O–H groups in total. The van der Waals surface area contributed by atoms with Crippen molar-refractivity contribution in [3.05, 3.63) is 29.8 Å². The Labute approximate surface area is 242 Å². The Bertz CT molecular complexity index is 1100. The van der Waals surface area contributed by atoms with Crippen molar-refractivity contribution >= 4 is 23.5 Å². The van der Waals surface area contributed by atoms with Gasteiger partial charge in [-0.2, -0.15) is 0 Å². The first-order valence-electron chi connectivity index (χ1n) is 14.9. The van der Waals surface area contributed by atoms with Gasteiger partial charge in [-0.05, 0) is 62.6 Å². The summed E-state index contributed by atoms with van der Waals surface area (Å²) in [7, 11) is 1.57. The Morgan fingerprint density at radius 2 is 1.61 bits per heavy atom. The molecule has 3 fully saturated rings. The summed E-state index contributed by atoms with van der Waals surface area (Å²) >= 11 is 0. The van der Waals surface area contributed by atoms with Gasteiger partial charge in [-0.1, -0.05) is 44.7 Å². The molecular weight excluding hydrogens is 526 g/mol. The SMILES string of the molecule is COc1ccc(C[C@H](NC(=O)[C@H](C)C2(C(N)=O)CCC(O)CC2)C(=O)N[C@@H](CC2CCCC2)C(=O)[C@@]2(C)CO2)cc1. The molecule has 0 spiro atoms. The van der Waals surface area contributed by atoms with Crippen LogP contribution in [0.3, 0.4) is 0 Å². The van der Waals surface area contributed by atoms with Gasteiger partial charge in [0, 0.05) is 12.3 Å². The maximum atomic E-state index is 13.8. The maximum Gasteiger partial charge on any atom is 0.243 e. The highest BCUT2D eigenvalue weighted by molar-refractivity contribution is 5.98. The van der Waals surface area contributed by atoms with Crippen LogP contribution in [0.25, 0.3) is 0 Å². The van der Waals surface area contributed by atoms with Crippen molar-refractivity contribution in [3.8, 4) is 5.75 Å². The molecule has 0 radical (unpaired) electrons. The van der Waals surface area contributed by atoms with Crippen LogP contribution in [-0.2, 0) is 30.3 Å². The fourth-order valence-corrected chi connectivity index (χ4v) is 6.47. The number of hydrogen-bond donors (Lipinski definition) is 4. The average molecular weight is 572 g/mol. The number of nitrogens with one attached hydrogen (secondary N) is 2. The lowest BCUT2D eigenvalue weighted by atomic mass is 9.65. The third kappa shape index (κ3) is 7.27. The van der Waals surface area contributed by atoms with E-state index in [1.54, 1.807) is 33.1 Å². The molecule has 3 aliphatic rings. The van der Waals surface area contributed by atoms with Crippen molar-refractivity contribution < 1.29 is 33.8 Å². The highest BCUT2D eigenvalue weighted by Gasteiger charge is 2.51. The lowest BCUT2D eigenvalue weighted by molar-refractivity contribution is -0.144. The van der Waals surface area contributed by atoms with Gasteiger partial charge in [-0.3, -0.25) is 19.2 Å². The second-order valence-electron chi connectivity index (χ2n) is 12.4. The summed E-state index contributed by atoms with van der Waals surface area (Å²) in [6.45, 7) is 3.72. The van der Waals surface area contributed by atoms with Crippen LogP contribution in [0.15, 0.2) is 24.3 Å². The number of carbonyl (C=O) groups excluding carboxylic acids is 4. The molecule has 1 aromatic carbocycles. The van der Waals surface area contributed by atoms with Gasteiger partial charge in [0.05, 0.1) is 31.3 Å². The van der Waals surface area contributed by atoms with E-state index in [1.807, 2.05) is 12.1 Å².